The zero-order valence-electron chi connectivity index (χ0n) is 42.7. The number of hydrogen-bond acceptors (Lipinski definition) is 5. The minimum Gasteiger partial charge on any atom is -0.490 e. The van der Waals surface area contributed by atoms with E-state index >= 15 is 0 Å². The van der Waals surface area contributed by atoms with Gasteiger partial charge in [-0.15, -0.1) is 0 Å². The van der Waals surface area contributed by atoms with Gasteiger partial charge in [-0.05, 0) is 147 Å². The third-order valence-electron chi connectivity index (χ3n) is 13.4. The normalized spacial score (nSPS) is 11.9. The Morgan fingerprint density at radius 2 is 1.15 bits per heavy atom. The van der Waals surface area contributed by atoms with Crippen molar-refractivity contribution in [2.24, 2.45) is 5.41 Å². The summed E-state index contributed by atoms with van der Waals surface area (Å²) in [7, 11) is 0. The largest absolute Gasteiger partial charge is 0.490 e. The van der Waals surface area contributed by atoms with Crippen LogP contribution in [0.2, 0.25) is 0 Å². The van der Waals surface area contributed by atoms with Crippen molar-refractivity contribution in [3.63, 3.8) is 0 Å². The quantitative estimate of drug-likeness (QED) is 0.0236. The van der Waals surface area contributed by atoms with E-state index in [2.05, 4.69) is 136 Å². The highest BCUT2D eigenvalue weighted by Crippen LogP contribution is 2.43. The summed E-state index contributed by atoms with van der Waals surface area (Å²) in [6.45, 7) is 23.2. The summed E-state index contributed by atoms with van der Waals surface area (Å²) in [5.41, 5.74) is 9.93. The van der Waals surface area contributed by atoms with Crippen LogP contribution in [0.3, 0.4) is 0 Å². The molecule has 7 aromatic carbocycles. The van der Waals surface area contributed by atoms with E-state index in [1.807, 2.05) is 65.0 Å². The molecule has 1 heterocycles. The van der Waals surface area contributed by atoms with Crippen LogP contribution in [0.1, 0.15) is 117 Å². The maximum Gasteiger partial charge on any atom is 0.312 e. The Morgan fingerprint density at radius 1 is 0.606 bits per heavy atom. The molecule has 0 saturated heterocycles. The number of ether oxygens (including phenoxy) is 3. The molecule has 0 unspecified atom stereocenters. The van der Waals surface area contributed by atoms with E-state index in [0.29, 0.717) is 25.3 Å². The lowest BCUT2D eigenvalue weighted by atomic mass is 9.86. The van der Waals surface area contributed by atoms with Crippen LogP contribution < -0.4 is 9.47 Å². The lowest BCUT2D eigenvalue weighted by molar-refractivity contribution is -0.166. The smallest absolute Gasteiger partial charge is 0.312 e. The van der Waals surface area contributed by atoms with Crippen LogP contribution in [0.15, 0.2) is 127 Å². The number of imidazole rings is 1. The van der Waals surface area contributed by atoms with E-state index in [1.54, 1.807) is 0 Å². The molecule has 0 aliphatic heterocycles. The molecular weight excluding hydrogens is 943 g/mol. The highest BCUT2D eigenvalue weighted by Gasteiger charge is 2.32. The van der Waals surface area contributed by atoms with Crippen LogP contribution in [0, 0.1) is 12.0 Å². The number of unbranched alkanes of at least 4 members (excludes halogenated alkanes) is 6. The number of nitrogens with zero attached hydrogens (tertiary/aromatic N) is 3. The first-order chi connectivity index (χ1) is 34.3. The molecule has 8 heteroatoms. The summed E-state index contributed by atoms with van der Waals surface area (Å²) in [5, 5.41) is 5.15. The molecule has 366 valence electrons. The third-order valence-corrected chi connectivity index (χ3v) is 14.0. The lowest BCUT2D eigenvalue weighted by Crippen LogP contribution is -2.34. The fourth-order valence-corrected chi connectivity index (χ4v) is 9.59. The summed E-state index contributed by atoms with van der Waals surface area (Å²) >= 11 is 3.62. The van der Waals surface area contributed by atoms with Gasteiger partial charge in [0.2, 0.25) is 0 Å². The molecule has 8 rings (SSSR count). The maximum absolute atomic E-state index is 13.0. The maximum atomic E-state index is 13.0. The second-order valence-corrected chi connectivity index (χ2v) is 21.1. The van der Waals surface area contributed by atoms with Crippen LogP contribution in [0.25, 0.3) is 76.8 Å². The standard InChI is InChI=1S/C63H68BrN3O4/c1-9-11-13-15-37-69-56-34-27-49(41-57(56)70-38-16-14-12-10-2)60-66-58-54-39-47(45-21-17-43(18-22-45)35-36-63(6,7)61(68)71-62(3,4)5)25-32-52(54)53-33-26-48(46-23-19-44(42-64)20-24-46)40-55(53)59(58)67(60)51-30-28-50(65-8)29-31-51/h17-34,39-41H,9-16,35-38,42H2,1-7H3. The van der Waals surface area contributed by atoms with Gasteiger partial charge >= 0.3 is 5.97 Å². The Bertz CT molecular complexity index is 3160. The average Bonchev–Trinajstić information content (AvgIpc) is 3.79. The molecule has 0 spiro atoms. The van der Waals surface area contributed by atoms with Gasteiger partial charge in [0.1, 0.15) is 11.4 Å². The first-order valence-corrected chi connectivity index (χ1v) is 26.7. The predicted octanol–water partition coefficient (Wildman–Crippen LogP) is 18.0. The number of esters is 1. The molecule has 0 radical (unpaired) electrons. The number of hydrogen-bond donors (Lipinski definition) is 0. The molecule has 0 bridgehead atoms. The van der Waals surface area contributed by atoms with E-state index in [0.717, 1.165) is 127 Å². The minimum atomic E-state index is -0.606. The minimum absolute atomic E-state index is 0.173. The molecule has 0 fully saturated rings. The number of aromatic nitrogens is 2. The molecule has 7 nitrogen and oxygen atoms in total. The number of halogens is 1. The zero-order valence-corrected chi connectivity index (χ0v) is 44.3. The van der Waals surface area contributed by atoms with Crippen molar-refractivity contribution >= 4 is 60.2 Å². The Labute approximate surface area is 429 Å². The van der Waals surface area contributed by atoms with Gasteiger partial charge in [-0.1, -0.05) is 153 Å². The Kier molecular flexibility index (Phi) is 16.3. The van der Waals surface area contributed by atoms with Gasteiger partial charge in [0.05, 0.1) is 36.2 Å². The van der Waals surface area contributed by atoms with Crippen molar-refractivity contribution in [1.82, 2.24) is 9.55 Å². The molecule has 8 aromatic rings. The summed E-state index contributed by atoms with van der Waals surface area (Å²) in [6, 6.07) is 45.1. The van der Waals surface area contributed by atoms with Gasteiger partial charge in [0, 0.05) is 27.4 Å². The number of fused-ring (bicyclic) bond motifs is 6. The summed E-state index contributed by atoms with van der Waals surface area (Å²) < 4.78 is 21.1. The number of aryl methyl sites for hydroxylation is 1. The Morgan fingerprint density at radius 3 is 1.73 bits per heavy atom. The monoisotopic (exact) mass is 1010 g/mol. The molecule has 0 aliphatic carbocycles. The van der Waals surface area contributed by atoms with Crippen molar-refractivity contribution in [3.05, 3.63) is 150 Å². The summed E-state index contributed by atoms with van der Waals surface area (Å²) in [4.78, 5) is 22.5. The van der Waals surface area contributed by atoms with Crippen molar-refractivity contribution < 1.29 is 19.0 Å². The van der Waals surface area contributed by atoms with Crippen molar-refractivity contribution in [2.75, 3.05) is 13.2 Å². The highest BCUT2D eigenvalue weighted by molar-refractivity contribution is 9.08. The SMILES string of the molecule is [C-]#[N+]c1ccc(-n2c(-c3ccc(OCCCCCC)c(OCCCCCC)c3)nc3c4cc(-c5ccc(CCC(C)(C)C(=O)OC(C)(C)C)cc5)ccc4c4ccc(-c5ccc(CBr)cc5)cc4c32)cc1. The number of rotatable bonds is 21. The van der Waals surface area contributed by atoms with Crippen molar-refractivity contribution in [3.8, 4) is 50.8 Å². The third kappa shape index (κ3) is 12.0. The zero-order chi connectivity index (χ0) is 50.1. The molecule has 0 atom stereocenters. The van der Waals surface area contributed by atoms with Gasteiger partial charge in [0.25, 0.3) is 0 Å². The first-order valence-electron chi connectivity index (χ1n) is 25.6. The van der Waals surface area contributed by atoms with E-state index in [1.165, 1.54) is 30.4 Å². The number of alkyl halides is 1. The molecule has 0 aliphatic rings. The van der Waals surface area contributed by atoms with Crippen molar-refractivity contribution in [1.29, 1.82) is 0 Å². The Hall–Kier alpha value is -6.43. The second-order valence-electron chi connectivity index (χ2n) is 20.5. The first kappa shape index (κ1) is 50.9. The van der Waals surface area contributed by atoms with Crippen LogP contribution >= 0.6 is 15.9 Å². The molecule has 0 amide bonds. The van der Waals surface area contributed by atoms with Gasteiger partial charge in [-0.25, -0.2) is 9.83 Å². The Balaban J connectivity index is 1.30. The lowest BCUT2D eigenvalue weighted by Gasteiger charge is -2.28. The summed E-state index contributed by atoms with van der Waals surface area (Å²) in [6.07, 6.45) is 10.3. The topological polar surface area (TPSA) is 66.9 Å². The van der Waals surface area contributed by atoms with Crippen LogP contribution in [-0.2, 0) is 21.3 Å². The van der Waals surface area contributed by atoms with Gasteiger partial charge in [-0.3, -0.25) is 9.36 Å². The van der Waals surface area contributed by atoms with Gasteiger partial charge in [-0.2, -0.15) is 0 Å². The molecule has 0 saturated carbocycles. The molecule has 0 N–H and O–H groups in total. The molecular formula is C63H68BrN3O4. The molecule has 71 heavy (non-hydrogen) atoms. The van der Waals surface area contributed by atoms with Gasteiger partial charge < -0.3 is 14.2 Å². The van der Waals surface area contributed by atoms with E-state index < -0.39 is 11.0 Å². The van der Waals surface area contributed by atoms with E-state index in [4.69, 9.17) is 25.8 Å². The number of carbonyl (C=O) groups excluding carboxylic acids is 1. The predicted molar refractivity (Wildman–Crippen MR) is 299 cm³/mol. The van der Waals surface area contributed by atoms with Gasteiger partial charge in [0.15, 0.2) is 17.2 Å². The molecule has 1 aromatic heterocycles. The average molecular weight is 1010 g/mol. The van der Waals surface area contributed by atoms with Crippen molar-refractivity contribution in [2.45, 2.75) is 124 Å². The fourth-order valence-electron chi connectivity index (χ4n) is 9.21. The summed E-state index contributed by atoms with van der Waals surface area (Å²) in [5.74, 6) is 2.07. The van der Waals surface area contributed by atoms with E-state index in [9.17, 15) is 4.79 Å². The fraction of sp³-hybridized carbons (Fsp3) is 0.349. The van der Waals surface area contributed by atoms with Crippen LogP contribution in [-0.4, -0.2) is 34.3 Å². The van der Waals surface area contributed by atoms with Crippen LogP contribution in [0.4, 0.5) is 5.69 Å². The van der Waals surface area contributed by atoms with Crippen LogP contribution in [0.5, 0.6) is 11.5 Å². The second kappa shape index (κ2) is 22.8. The number of benzene rings is 7. The highest BCUT2D eigenvalue weighted by atomic mass is 79.9. The number of carbonyl (C=O) groups is 1. The van der Waals surface area contributed by atoms with E-state index in [-0.39, 0.29) is 5.97 Å².